The van der Waals surface area contributed by atoms with Crippen molar-refractivity contribution in [3.05, 3.63) is 65.0 Å². The number of benzene rings is 2. The molecule has 0 atom stereocenters. The Bertz CT molecular complexity index is 777. The molecule has 1 heterocycles. The molecule has 0 amide bonds. The van der Waals surface area contributed by atoms with E-state index < -0.39 is 0 Å². The third-order valence-corrected chi connectivity index (χ3v) is 5.47. The predicted octanol–water partition coefficient (Wildman–Crippen LogP) is 5.80. The molecule has 24 heavy (non-hydrogen) atoms. The Kier molecular flexibility index (Phi) is 5.12. The molecule has 2 aromatic carbocycles. The van der Waals surface area contributed by atoms with E-state index in [1.165, 1.54) is 21.6 Å². The molecule has 0 aliphatic carbocycles. The first-order valence-electron chi connectivity index (χ1n) is 8.42. The smallest absolute Gasteiger partial charge is 0.124 e. The molecule has 1 aliphatic heterocycles. The van der Waals surface area contributed by atoms with Crippen molar-refractivity contribution in [1.29, 1.82) is 0 Å². The van der Waals surface area contributed by atoms with Gasteiger partial charge in [0.05, 0.1) is 0 Å². The van der Waals surface area contributed by atoms with Crippen LogP contribution in [-0.2, 0) is 0 Å². The van der Waals surface area contributed by atoms with Crippen LogP contribution in [0.1, 0.15) is 42.9 Å². The van der Waals surface area contributed by atoms with E-state index >= 15 is 0 Å². The van der Waals surface area contributed by atoms with Crippen molar-refractivity contribution < 1.29 is 4.39 Å². The van der Waals surface area contributed by atoms with Crippen LogP contribution in [0.25, 0.3) is 5.57 Å². The molecule has 2 aromatic rings. The summed E-state index contributed by atoms with van der Waals surface area (Å²) >= 11 is 1.67. The number of fused-ring (bicyclic) bond motifs is 2. The maximum atomic E-state index is 13.7. The van der Waals surface area contributed by atoms with Gasteiger partial charge in [-0.3, -0.25) is 0 Å². The third-order valence-electron chi connectivity index (χ3n) is 4.34. The first kappa shape index (κ1) is 17.2. The molecule has 0 spiro atoms. The molecule has 0 radical (unpaired) electrons. The molecule has 126 valence electrons. The Hall–Kier alpha value is -1.58. The summed E-state index contributed by atoms with van der Waals surface area (Å²) in [6.45, 7) is 5.44. The van der Waals surface area contributed by atoms with Crippen molar-refractivity contribution in [2.45, 2.75) is 36.0 Å². The van der Waals surface area contributed by atoms with Gasteiger partial charge < -0.3 is 4.90 Å². The van der Waals surface area contributed by atoms with E-state index in [1.807, 2.05) is 6.07 Å². The largest absolute Gasteiger partial charge is 0.309 e. The SMILES string of the molecule is CC(C)c1ccc2c(c1)C(=CCCN(C)C)c1ccc(F)cc1S2. The van der Waals surface area contributed by atoms with E-state index in [9.17, 15) is 4.39 Å². The fourth-order valence-corrected chi connectivity index (χ4v) is 4.07. The molecule has 3 heteroatoms. The molecule has 1 nitrogen and oxygen atoms in total. The standard InChI is InChI=1S/C21H24FNS/c1-14(2)15-7-10-20-19(12-15)17(6-5-11-23(3)4)18-9-8-16(22)13-21(18)24-20/h6-10,12-14H,5,11H2,1-4H3. The Balaban J connectivity index is 2.09. The van der Waals surface area contributed by atoms with E-state index in [-0.39, 0.29) is 5.82 Å². The highest BCUT2D eigenvalue weighted by molar-refractivity contribution is 7.99. The van der Waals surface area contributed by atoms with E-state index in [0.29, 0.717) is 5.92 Å². The lowest BCUT2D eigenvalue weighted by Crippen LogP contribution is -2.12. The Morgan fingerprint density at radius 3 is 2.54 bits per heavy atom. The lowest BCUT2D eigenvalue weighted by molar-refractivity contribution is 0.417. The average Bonchev–Trinajstić information content (AvgIpc) is 2.53. The van der Waals surface area contributed by atoms with Gasteiger partial charge in [-0.1, -0.05) is 43.8 Å². The first-order chi connectivity index (χ1) is 11.5. The van der Waals surface area contributed by atoms with Gasteiger partial charge in [0.2, 0.25) is 0 Å². The normalized spacial score (nSPS) is 15.0. The summed E-state index contributed by atoms with van der Waals surface area (Å²) in [7, 11) is 4.17. The minimum Gasteiger partial charge on any atom is -0.309 e. The van der Waals surface area contributed by atoms with E-state index in [2.05, 4.69) is 57.1 Å². The van der Waals surface area contributed by atoms with Crippen LogP contribution in [-0.4, -0.2) is 25.5 Å². The van der Waals surface area contributed by atoms with E-state index in [0.717, 1.165) is 23.4 Å². The summed E-state index contributed by atoms with van der Waals surface area (Å²) in [5.41, 5.74) is 5.01. The quantitative estimate of drug-likeness (QED) is 0.590. The van der Waals surface area contributed by atoms with Gasteiger partial charge in [-0.15, -0.1) is 0 Å². The highest BCUT2D eigenvalue weighted by atomic mass is 32.2. The second-order valence-corrected chi connectivity index (χ2v) is 7.95. The summed E-state index contributed by atoms with van der Waals surface area (Å²) in [6, 6.07) is 11.8. The fourth-order valence-electron chi connectivity index (χ4n) is 2.96. The minimum atomic E-state index is -0.170. The summed E-state index contributed by atoms with van der Waals surface area (Å²) in [5, 5.41) is 0. The second-order valence-electron chi connectivity index (χ2n) is 6.86. The maximum Gasteiger partial charge on any atom is 0.124 e. The van der Waals surface area contributed by atoms with Crippen LogP contribution in [0.2, 0.25) is 0 Å². The number of nitrogens with zero attached hydrogens (tertiary/aromatic N) is 1. The fraction of sp³-hybridized carbons (Fsp3) is 0.333. The van der Waals surface area contributed by atoms with Gasteiger partial charge in [-0.05, 0) is 73.0 Å². The summed E-state index contributed by atoms with van der Waals surface area (Å²) in [4.78, 5) is 4.41. The number of halogens is 1. The van der Waals surface area contributed by atoms with E-state index in [4.69, 9.17) is 0 Å². The van der Waals surface area contributed by atoms with Crippen LogP contribution < -0.4 is 0 Å². The minimum absolute atomic E-state index is 0.170. The number of hydrogen-bond donors (Lipinski definition) is 0. The molecular weight excluding hydrogens is 317 g/mol. The van der Waals surface area contributed by atoms with Gasteiger partial charge in [0.1, 0.15) is 5.82 Å². The van der Waals surface area contributed by atoms with Crippen LogP contribution in [0.15, 0.2) is 52.3 Å². The van der Waals surface area contributed by atoms with Gasteiger partial charge in [0.15, 0.2) is 0 Å². The molecule has 0 fully saturated rings. The zero-order valence-corrected chi connectivity index (χ0v) is 15.6. The Labute approximate surface area is 148 Å². The molecular formula is C21H24FNS. The van der Waals surface area contributed by atoms with Gasteiger partial charge in [0.25, 0.3) is 0 Å². The van der Waals surface area contributed by atoms with Crippen molar-refractivity contribution in [2.75, 3.05) is 20.6 Å². The zero-order chi connectivity index (χ0) is 17.3. The number of hydrogen-bond acceptors (Lipinski definition) is 2. The lowest BCUT2D eigenvalue weighted by atomic mass is 9.92. The summed E-state index contributed by atoms with van der Waals surface area (Å²) < 4.78 is 13.7. The lowest BCUT2D eigenvalue weighted by Gasteiger charge is -2.24. The monoisotopic (exact) mass is 341 g/mol. The third kappa shape index (κ3) is 3.57. The highest BCUT2D eigenvalue weighted by Gasteiger charge is 2.22. The molecule has 0 unspecified atom stereocenters. The molecule has 0 bridgehead atoms. The van der Waals surface area contributed by atoms with Crippen molar-refractivity contribution in [3.8, 4) is 0 Å². The first-order valence-corrected chi connectivity index (χ1v) is 9.24. The topological polar surface area (TPSA) is 3.24 Å². The number of rotatable bonds is 4. The molecule has 3 rings (SSSR count). The predicted molar refractivity (Wildman–Crippen MR) is 101 cm³/mol. The molecule has 0 N–H and O–H groups in total. The van der Waals surface area contributed by atoms with Crippen LogP contribution in [0, 0.1) is 5.82 Å². The van der Waals surface area contributed by atoms with Gasteiger partial charge in [-0.2, -0.15) is 0 Å². The average molecular weight is 341 g/mol. The van der Waals surface area contributed by atoms with Crippen molar-refractivity contribution in [1.82, 2.24) is 4.90 Å². The molecule has 1 aliphatic rings. The van der Waals surface area contributed by atoms with Gasteiger partial charge in [-0.25, -0.2) is 4.39 Å². The van der Waals surface area contributed by atoms with Crippen LogP contribution in [0.4, 0.5) is 4.39 Å². The van der Waals surface area contributed by atoms with Crippen molar-refractivity contribution in [2.24, 2.45) is 0 Å². The molecule has 0 saturated heterocycles. The maximum absolute atomic E-state index is 13.7. The van der Waals surface area contributed by atoms with Gasteiger partial charge >= 0.3 is 0 Å². The second kappa shape index (κ2) is 7.12. The Morgan fingerprint density at radius 2 is 1.83 bits per heavy atom. The summed E-state index contributed by atoms with van der Waals surface area (Å²) in [5.74, 6) is 0.328. The van der Waals surface area contributed by atoms with Crippen LogP contribution in [0.5, 0.6) is 0 Å². The van der Waals surface area contributed by atoms with Crippen molar-refractivity contribution >= 4 is 17.3 Å². The Morgan fingerprint density at radius 1 is 1.04 bits per heavy atom. The van der Waals surface area contributed by atoms with Crippen LogP contribution in [0.3, 0.4) is 0 Å². The van der Waals surface area contributed by atoms with E-state index in [1.54, 1.807) is 23.9 Å². The van der Waals surface area contributed by atoms with Crippen LogP contribution >= 0.6 is 11.8 Å². The zero-order valence-electron chi connectivity index (χ0n) is 14.8. The van der Waals surface area contributed by atoms with Crippen molar-refractivity contribution in [3.63, 3.8) is 0 Å². The highest BCUT2D eigenvalue weighted by Crippen LogP contribution is 2.46. The molecule has 0 aromatic heterocycles. The summed E-state index contributed by atoms with van der Waals surface area (Å²) in [6.07, 6.45) is 3.29. The molecule has 0 saturated carbocycles. The van der Waals surface area contributed by atoms with Gasteiger partial charge in [0, 0.05) is 16.3 Å².